The molecule has 0 unspecified atom stereocenters. The van der Waals surface area contributed by atoms with E-state index in [1.54, 1.807) is 0 Å². The van der Waals surface area contributed by atoms with Crippen molar-refractivity contribution in [1.82, 2.24) is 10.2 Å². The third kappa shape index (κ3) is 2.25. The molecule has 0 saturated carbocycles. The molecule has 4 aromatic carbocycles. The van der Waals surface area contributed by atoms with Crippen LogP contribution in [0.15, 0.2) is 89.3 Å². The Labute approximate surface area is 176 Å². The van der Waals surface area contributed by atoms with Gasteiger partial charge >= 0.3 is 0 Å². The molecule has 144 valence electrons. The van der Waals surface area contributed by atoms with Crippen LogP contribution in [0.4, 0.5) is 0 Å². The van der Waals surface area contributed by atoms with Crippen molar-refractivity contribution < 1.29 is 4.42 Å². The molecule has 2 heterocycles. The van der Waals surface area contributed by atoms with Gasteiger partial charge in [-0.2, -0.15) is 0 Å². The van der Waals surface area contributed by atoms with E-state index in [2.05, 4.69) is 102 Å². The highest BCUT2D eigenvalue weighted by molar-refractivity contribution is 7.14. The molecule has 0 atom stereocenters. The van der Waals surface area contributed by atoms with E-state index in [4.69, 9.17) is 4.42 Å². The Kier molecular flexibility index (Phi) is 3.61. The highest BCUT2D eigenvalue weighted by Gasteiger charge is 2.43. The molecule has 3 nitrogen and oxygen atoms in total. The minimum absolute atomic E-state index is 0.578. The van der Waals surface area contributed by atoms with E-state index in [0.29, 0.717) is 11.8 Å². The van der Waals surface area contributed by atoms with E-state index in [1.807, 2.05) is 6.92 Å². The molecule has 30 heavy (non-hydrogen) atoms. The van der Waals surface area contributed by atoms with Gasteiger partial charge in [-0.15, -0.1) is 10.2 Å². The Morgan fingerprint density at radius 3 is 1.83 bits per heavy atom. The molecule has 0 fully saturated rings. The molecule has 0 spiro atoms. The summed E-state index contributed by atoms with van der Waals surface area (Å²) >= 11 is 0. The zero-order chi connectivity index (χ0) is 20.3. The molecule has 4 heteroatoms. The maximum Gasteiger partial charge on any atom is 0.248 e. The van der Waals surface area contributed by atoms with Gasteiger partial charge in [-0.3, -0.25) is 0 Å². The fraction of sp³-hybridized carbons (Fsp3) is 0.0769. The Bertz CT molecular complexity index is 1390. The molecule has 1 aliphatic heterocycles. The van der Waals surface area contributed by atoms with E-state index in [-0.39, 0.29) is 0 Å². The first kappa shape index (κ1) is 17.4. The normalized spacial score (nSPS) is 13.9. The quantitative estimate of drug-likeness (QED) is 0.412. The molecule has 0 radical (unpaired) electrons. The molecule has 0 N–H and O–H groups in total. The van der Waals surface area contributed by atoms with Crippen LogP contribution in [-0.4, -0.2) is 18.3 Å². The van der Waals surface area contributed by atoms with Crippen molar-refractivity contribution in [2.24, 2.45) is 0 Å². The number of nitrogens with zero attached hydrogens (tertiary/aromatic N) is 2. The molecule has 1 aromatic heterocycles. The van der Waals surface area contributed by atoms with E-state index >= 15 is 0 Å². The van der Waals surface area contributed by atoms with Crippen molar-refractivity contribution in [2.45, 2.75) is 13.5 Å². The predicted octanol–water partition coefficient (Wildman–Crippen LogP) is 4.28. The number of benzene rings is 4. The summed E-state index contributed by atoms with van der Waals surface area (Å²) in [5.74, 6) is 1.16. The fourth-order valence-electron chi connectivity index (χ4n) is 5.07. The average Bonchev–Trinajstić information content (AvgIpc) is 3.34. The lowest BCUT2D eigenvalue weighted by atomic mass is 10.0. The molecule has 0 saturated heterocycles. The second kappa shape index (κ2) is 6.25. The summed E-state index contributed by atoms with van der Waals surface area (Å²) in [5.41, 5.74) is 3.75. The first-order chi connectivity index (χ1) is 14.7. The number of hydrogen-bond acceptors (Lipinski definition) is 3. The van der Waals surface area contributed by atoms with Crippen molar-refractivity contribution >= 4 is 34.4 Å². The van der Waals surface area contributed by atoms with Gasteiger partial charge in [-0.05, 0) is 43.5 Å². The van der Waals surface area contributed by atoms with Gasteiger partial charge < -0.3 is 4.42 Å². The molecule has 0 amide bonds. The van der Waals surface area contributed by atoms with E-state index in [0.717, 1.165) is 10.9 Å². The molecular weight excluding hydrogens is 384 g/mol. The topological polar surface area (TPSA) is 38.9 Å². The maximum atomic E-state index is 5.77. The van der Waals surface area contributed by atoms with Gasteiger partial charge in [0.05, 0.1) is 0 Å². The lowest BCUT2D eigenvalue weighted by Crippen LogP contribution is -2.62. The third-order valence-corrected chi connectivity index (χ3v) is 11.0. The number of aryl methyl sites for hydroxylation is 1. The minimum Gasteiger partial charge on any atom is -0.421 e. The van der Waals surface area contributed by atoms with Crippen LogP contribution in [0, 0.1) is 6.92 Å². The second-order valence-corrected chi connectivity index (χ2v) is 11.9. The number of fused-ring (bicyclic) bond motifs is 4. The van der Waals surface area contributed by atoms with Gasteiger partial charge in [0.15, 0.2) is 0 Å². The molecule has 0 bridgehead atoms. The van der Waals surface area contributed by atoms with Crippen molar-refractivity contribution in [3.63, 3.8) is 0 Å². The van der Waals surface area contributed by atoms with Crippen LogP contribution in [0.1, 0.15) is 5.89 Å². The van der Waals surface area contributed by atoms with Crippen LogP contribution >= 0.6 is 0 Å². The summed E-state index contributed by atoms with van der Waals surface area (Å²) in [7, 11) is -2.15. The maximum absolute atomic E-state index is 5.77. The SMILES string of the molecule is Cc1nnc(-c2ccc([Si]3(C)c4ccccc4-c4ccccc43)c3ccccc23)o1. The zero-order valence-corrected chi connectivity index (χ0v) is 17.9. The van der Waals surface area contributed by atoms with Crippen LogP contribution in [-0.2, 0) is 0 Å². The van der Waals surface area contributed by atoms with E-state index in [1.165, 1.54) is 32.1 Å². The average molecular weight is 405 g/mol. The first-order valence-electron chi connectivity index (χ1n) is 10.2. The summed E-state index contributed by atoms with van der Waals surface area (Å²) < 4.78 is 5.77. The molecule has 5 aromatic rings. The van der Waals surface area contributed by atoms with E-state index in [9.17, 15) is 0 Å². The van der Waals surface area contributed by atoms with Crippen LogP contribution in [0.2, 0.25) is 6.55 Å². The number of rotatable bonds is 2. The summed E-state index contributed by atoms with van der Waals surface area (Å²) in [4.78, 5) is 0. The van der Waals surface area contributed by atoms with Crippen LogP contribution in [0.25, 0.3) is 33.4 Å². The number of aromatic nitrogens is 2. The van der Waals surface area contributed by atoms with Crippen molar-refractivity contribution in [2.75, 3.05) is 0 Å². The third-order valence-electron chi connectivity index (χ3n) is 6.44. The fourth-order valence-corrected chi connectivity index (χ4v) is 9.49. The van der Waals surface area contributed by atoms with Crippen molar-refractivity contribution in [3.05, 3.63) is 90.8 Å². The predicted molar refractivity (Wildman–Crippen MR) is 124 cm³/mol. The van der Waals surface area contributed by atoms with Crippen LogP contribution < -0.4 is 15.6 Å². The van der Waals surface area contributed by atoms with Crippen LogP contribution in [0.3, 0.4) is 0 Å². The molecule has 1 aliphatic rings. The largest absolute Gasteiger partial charge is 0.421 e. The lowest BCUT2D eigenvalue weighted by molar-refractivity contribution is 0.533. The second-order valence-electron chi connectivity index (χ2n) is 8.05. The highest BCUT2D eigenvalue weighted by Crippen LogP contribution is 2.32. The Morgan fingerprint density at radius 2 is 1.20 bits per heavy atom. The van der Waals surface area contributed by atoms with Gasteiger partial charge in [0.25, 0.3) is 0 Å². The van der Waals surface area contributed by atoms with Gasteiger partial charge in [-0.1, -0.05) is 85.4 Å². The number of hydrogen-bond donors (Lipinski definition) is 0. The minimum atomic E-state index is -2.15. The van der Waals surface area contributed by atoms with Crippen molar-refractivity contribution in [1.29, 1.82) is 0 Å². The summed E-state index contributed by atoms with van der Waals surface area (Å²) in [6.07, 6.45) is 0. The monoisotopic (exact) mass is 404 g/mol. The standard InChI is InChI=1S/C26H20N2OSi/c1-17-27-28-26(29-17)22-15-16-25(19-10-4-3-9-18(19)22)30(2)23-13-7-5-11-20(23)21-12-6-8-14-24(21)30/h3-16H,1-2H3. The summed E-state index contributed by atoms with van der Waals surface area (Å²) in [6.45, 7) is 4.31. The summed E-state index contributed by atoms with van der Waals surface area (Å²) in [6, 6.07) is 30.9. The lowest BCUT2D eigenvalue weighted by Gasteiger charge is -2.27. The molecule has 6 rings (SSSR count). The molecule has 0 aliphatic carbocycles. The Balaban J connectivity index is 1.69. The smallest absolute Gasteiger partial charge is 0.248 e. The van der Waals surface area contributed by atoms with Gasteiger partial charge in [-0.25, -0.2) is 0 Å². The first-order valence-corrected chi connectivity index (χ1v) is 12.7. The summed E-state index contributed by atoms with van der Waals surface area (Å²) in [5, 5.41) is 15.1. The van der Waals surface area contributed by atoms with Gasteiger partial charge in [0.1, 0.15) is 8.07 Å². The van der Waals surface area contributed by atoms with E-state index < -0.39 is 8.07 Å². The van der Waals surface area contributed by atoms with Crippen LogP contribution in [0.5, 0.6) is 0 Å². The van der Waals surface area contributed by atoms with Gasteiger partial charge in [0.2, 0.25) is 11.8 Å². The Hall–Kier alpha value is -3.50. The zero-order valence-electron chi connectivity index (χ0n) is 16.9. The van der Waals surface area contributed by atoms with Crippen molar-refractivity contribution in [3.8, 4) is 22.6 Å². The van der Waals surface area contributed by atoms with Gasteiger partial charge in [0, 0.05) is 12.5 Å². The molecular formula is C26H20N2OSi. The Morgan fingerprint density at radius 1 is 0.600 bits per heavy atom. The highest BCUT2D eigenvalue weighted by atomic mass is 28.3.